The van der Waals surface area contributed by atoms with E-state index in [-0.39, 0.29) is 18.2 Å². The molecule has 0 aliphatic heterocycles. The predicted molar refractivity (Wildman–Crippen MR) is 75.0 cm³/mol. The molecule has 20 heavy (non-hydrogen) atoms. The smallest absolute Gasteiger partial charge is 0.346 e. The number of rotatable bonds is 4. The molecule has 0 saturated heterocycles. The highest BCUT2D eigenvalue weighted by atomic mass is 35.5. The molecule has 0 aliphatic carbocycles. The van der Waals surface area contributed by atoms with Crippen molar-refractivity contribution in [2.24, 2.45) is 0 Å². The van der Waals surface area contributed by atoms with Gasteiger partial charge in [0.1, 0.15) is 31.0 Å². The summed E-state index contributed by atoms with van der Waals surface area (Å²) < 4.78 is 17.3. The second-order valence-corrected chi connectivity index (χ2v) is 5.78. The molecule has 0 atom stereocenters. The normalized spacial score (nSPS) is 10.7. The van der Waals surface area contributed by atoms with Gasteiger partial charge in [0.15, 0.2) is 0 Å². The minimum Gasteiger partial charge on any atom is -1.00 e. The molecule has 0 spiro atoms. The van der Waals surface area contributed by atoms with Gasteiger partial charge in [-0.3, -0.25) is 0 Å². The fourth-order valence-electron chi connectivity index (χ4n) is 2.21. The summed E-state index contributed by atoms with van der Waals surface area (Å²) in [6, 6.07) is 6.71. The zero-order chi connectivity index (χ0) is 13.2. The molecular formula is C15H16ClFN2S. The van der Waals surface area contributed by atoms with Crippen LogP contribution in [-0.4, -0.2) is 4.40 Å². The first-order valence-corrected chi connectivity index (χ1v) is 7.31. The number of hydrogen-bond donors (Lipinski definition) is 0. The minimum atomic E-state index is -0.183. The third kappa shape index (κ3) is 3.02. The molecule has 0 bridgehead atoms. The zero-order valence-corrected chi connectivity index (χ0v) is 12.8. The average Bonchev–Trinajstić information content (AvgIpc) is 2.94. The van der Waals surface area contributed by atoms with Crippen LogP contribution in [0, 0.1) is 5.82 Å². The first kappa shape index (κ1) is 15.0. The molecule has 2 nitrogen and oxygen atoms in total. The number of aryl methyl sites for hydroxylation is 1. The van der Waals surface area contributed by atoms with Crippen LogP contribution in [0.5, 0.6) is 0 Å². The average molecular weight is 311 g/mol. The van der Waals surface area contributed by atoms with E-state index < -0.39 is 0 Å². The van der Waals surface area contributed by atoms with Gasteiger partial charge in [-0.15, -0.1) is 0 Å². The second-order valence-electron chi connectivity index (χ2n) is 4.69. The van der Waals surface area contributed by atoms with Gasteiger partial charge in [0.25, 0.3) is 0 Å². The third-order valence-electron chi connectivity index (χ3n) is 3.14. The van der Waals surface area contributed by atoms with Crippen molar-refractivity contribution in [3.8, 4) is 0 Å². The molecule has 0 radical (unpaired) electrons. The maximum Gasteiger partial charge on any atom is 0.346 e. The third-order valence-corrected chi connectivity index (χ3v) is 4.34. The van der Waals surface area contributed by atoms with Gasteiger partial charge >= 0.3 is 4.96 Å². The van der Waals surface area contributed by atoms with Gasteiger partial charge in [-0.25, -0.2) is 8.96 Å². The summed E-state index contributed by atoms with van der Waals surface area (Å²) in [5, 5.41) is 0. The summed E-state index contributed by atoms with van der Waals surface area (Å²) in [5.41, 5.74) is 1.12. The van der Waals surface area contributed by atoms with Crippen LogP contribution >= 0.6 is 11.3 Å². The fourth-order valence-corrected chi connectivity index (χ4v) is 3.37. The Hall–Kier alpha value is -1.39. The van der Waals surface area contributed by atoms with Crippen molar-refractivity contribution in [1.82, 2.24) is 4.40 Å². The van der Waals surface area contributed by atoms with Gasteiger partial charge in [-0.05, 0) is 24.1 Å². The lowest BCUT2D eigenvalue weighted by Gasteiger charge is -1.97. The molecule has 0 N–H and O–H groups in total. The van der Waals surface area contributed by atoms with Gasteiger partial charge < -0.3 is 12.4 Å². The number of aromatic nitrogens is 2. The molecule has 0 unspecified atom stereocenters. The molecule has 2 heterocycles. The first-order chi connectivity index (χ1) is 9.26. The van der Waals surface area contributed by atoms with Gasteiger partial charge in [0.05, 0.1) is 4.88 Å². The van der Waals surface area contributed by atoms with Crippen molar-refractivity contribution < 1.29 is 21.4 Å². The van der Waals surface area contributed by atoms with Crippen LogP contribution in [0.1, 0.15) is 23.8 Å². The predicted octanol–water partition coefficient (Wildman–Crippen LogP) is 0.432. The summed E-state index contributed by atoms with van der Waals surface area (Å²) >= 11 is 1.83. The van der Waals surface area contributed by atoms with Crippen LogP contribution < -0.4 is 17.0 Å². The number of halogens is 2. The Kier molecular flexibility index (Phi) is 4.78. The lowest BCUT2D eigenvalue weighted by molar-refractivity contribution is -0.659. The standard InChI is InChI=1S/C15H16FN2S.ClH/c1-2-3-14-11-18-9-8-17(15(18)19-14)10-12-4-6-13(16)7-5-12;/h4-9,11H,2-3,10H2,1H3;1H/q+1;/p-1. The van der Waals surface area contributed by atoms with Crippen LogP contribution in [0.25, 0.3) is 4.96 Å². The van der Waals surface area contributed by atoms with Gasteiger partial charge in [-0.2, -0.15) is 4.40 Å². The fraction of sp³-hybridized carbons (Fsp3) is 0.267. The molecule has 0 fully saturated rings. The SMILES string of the molecule is CCCc1cn2cc[n+](Cc3ccc(F)cc3)c2s1.[Cl-]. The van der Waals surface area contributed by atoms with Crippen LogP contribution in [0.2, 0.25) is 0 Å². The molecule has 5 heteroatoms. The van der Waals surface area contributed by atoms with Gasteiger partial charge in [-0.1, -0.05) is 36.8 Å². The van der Waals surface area contributed by atoms with Crippen molar-refractivity contribution in [1.29, 1.82) is 0 Å². The Morgan fingerprint density at radius 1 is 1.25 bits per heavy atom. The topological polar surface area (TPSA) is 8.29 Å². The van der Waals surface area contributed by atoms with Gasteiger partial charge in [0.2, 0.25) is 0 Å². The highest BCUT2D eigenvalue weighted by molar-refractivity contribution is 7.16. The lowest BCUT2D eigenvalue weighted by atomic mass is 10.2. The van der Waals surface area contributed by atoms with E-state index in [0.29, 0.717) is 0 Å². The summed E-state index contributed by atoms with van der Waals surface area (Å²) in [5.74, 6) is -0.183. The minimum absolute atomic E-state index is 0. The summed E-state index contributed by atoms with van der Waals surface area (Å²) in [4.78, 5) is 2.64. The maximum absolute atomic E-state index is 12.9. The Morgan fingerprint density at radius 2 is 2.00 bits per heavy atom. The molecule has 3 rings (SSSR count). The molecule has 106 valence electrons. The van der Waals surface area contributed by atoms with E-state index in [2.05, 4.69) is 34.5 Å². The molecule has 3 aromatic rings. The Balaban J connectivity index is 0.00000147. The molecule has 1 aromatic carbocycles. The number of fused-ring (bicyclic) bond motifs is 1. The van der Waals surface area contributed by atoms with Crippen molar-refractivity contribution in [3.63, 3.8) is 0 Å². The molecule has 0 saturated carbocycles. The van der Waals surface area contributed by atoms with Crippen molar-refractivity contribution in [2.75, 3.05) is 0 Å². The highest BCUT2D eigenvalue weighted by Gasteiger charge is 2.14. The number of thiazole rings is 1. The van der Waals surface area contributed by atoms with Crippen LogP contribution in [-0.2, 0) is 13.0 Å². The van der Waals surface area contributed by atoms with Crippen LogP contribution in [0.4, 0.5) is 4.39 Å². The quantitative estimate of drug-likeness (QED) is 0.618. The summed E-state index contributed by atoms with van der Waals surface area (Å²) in [6.45, 7) is 2.98. The summed E-state index contributed by atoms with van der Waals surface area (Å²) in [6.07, 6.45) is 8.65. The zero-order valence-electron chi connectivity index (χ0n) is 11.2. The molecule has 0 amide bonds. The van der Waals surface area contributed by atoms with E-state index in [1.165, 1.54) is 28.4 Å². The Morgan fingerprint density at radius 3 is 2.70 bits per heavy atom. The highest BCUT2D eigenvalue weighted by Crippen LogP contribution is 2.17. The van der Waals surface area contributed by atoms with Crippen molar-refractivity contribution in [2.45, 2.75) is 26.3 Å². The molecule has 0 aliphatic rings. The molecular weight excluding hydrogens is 295 g/mol. The van der Waals surface area contributed by atoms with E-state index in [1.807, 2.05) is 23.5 Å². The van der Waals surface area contributed by atoms with Crippen molar-refractivity contribution >= 4 is 16.3 Å². The van der Waals surface area contributed by atoms with E-state index in [1.54, 1.807) is 0 Å². The largest absolute Gasteiger partial charge is 1.00 e. The second kappa shape index (κ2) is 6.37. The van der Waals surface area contributed by atoms with Crippen molar-refractivity contribution in [3.05, 3.63) is 59.1 Å². The monoisotopic (exact) mass is 310 g/mol. The summed E-state index contributed by atoms with van der Waals surface area (Å²) in [7, 11) is 0. The Bertz CT molecular complexity index is 688. The number of hydrogen-bond acceptors (Lipinski definition) is 1. The van der Waals surface area contributed by atoms with E-state index in [0.717, 1.165) is 18.5 Å². The van der Waals surface area contributed by atoms with E-state index in [4.69, 9.17) is 0 Å². The number of benzene rings is 1. The van der Waals surface area contributed by atoms with Gasteiger partial charge in [0, 0.05) is 0 Å². The number of imidazole rings is 1. The molecule has 2 aromatic heterocycles. The van der Waals surface area contributed by atoms with Crippen LogP contribution in [0.15, 0.2) is 42.9 Å². The first-order valence-electron chi connectivity index (χ1n) is 6.49. The van der Waals surface area contributed by atoms with E-state index in [9.17, 15) is 4.39 Å². The lowest BCUT2D eigenvalue weighted by Crippen LogP contribution is -3.00. The van der Waals surface area contributed by atoms with Crippen LogP contribution in [0.3, 0.4) is 0 Å². The number of nitrogens with zero attached hydrogens (tertiary/aromatic N) is 2. The Labute approximate surface area is 127 Å². The van der Waals surface area contributed by atoms with E-state index >= 15 is 0 Å². The maximum atomic E-state index is 12.9.